The fourth-order valence-electron chi connectivity index (χ4n) is 2.29. The van der Waals surface area contributed by atoms with Crippen LogP contribution in [-0.2, 0) is 4.79 Å². The number of amides is 1. The Hall–Kier alpha value is -1.21. The lowest BCUT2D eigenvalue weighted by atomic mass is 10.2. The molecule has 0 bridgehead atoms. The third-order valence-electron chi connectivity index (χ3n) is 3.46. The fourth-order valence-corrected chi connectivity index (χ4v) is 3.01. The molecule has 112 valence electrons. The van der Waals surface area contributed by atoms with Crippen molar-refractivity contribution in [2.75, 3.05) is 31.1 Å². The molecule has 0 radical (unpaired) electrons. The first kappa shape index (κ1) is 15.2. The highest BCUT2D eigenvalue weighted by molar-refractivity contribution is 7.09. The van der Waals surface area contributed by atoms with Gasteiger partial charge in [0.1, 0.15) is 5.82 Å². The first-order chi connectivity index (χ1) is 9.47. The van der Waals surface area contributed by atoms with E-state index in [0.29, 0.717) is 0 Å². The number of carbonyl (C=O) groups excluding carboxylic acids is 1. The van der Waals surface area contributed by atoms with E-state index < -0.39 is 0 Å². The van der Waals surface area contributed by atoms with Crippen LogP contribution in [0.5, 0.6) is 0 Å². The Bertz CT molecular complexity index is 453. The predicted octanol–water partition coefficient (Wildman–Crippen LogP) is 0.882. The maximum absolute atomic E-state index is 12.0. The number of hydrogen-bond donors (Lipinski definition) is 1. The molecule has 2 heterocycles. The third kappa shape index (κ3) is 3.67. The number of piperazine rings is 1. The second-order valence-corrected chi connectivity index (χ2v) is 6.22. The van der Waals surface area contributed by atoms with Gasteiger partial charge < -0.3 is 10.2 Å². The highest BCUT2D eigenvalue weighted by Crippen LogP contribution is 2.19. The van der Waals surface area contributed by atoms with E-state index in [1.165, 1.54) is 11.5 Å². The van der Waals surface area contributed by atoms with Crippen LogP contribution in [0.25, 0.3) is 0 Å². The van der Waals surface area contributed by atoms with E-state index in [2.05, 4.69) is 24.5 Å². The number of anilines is 1. The Morgan fingerprint density at radius 1 is 1.25 bits per heavy atom. The summed E-state index contributed by atoms with van der Waals surface area (Å²) in [5.41, 5.74) is 0. The summed E-state index contributed by atoms with van der Waals surface area (Å²) in [4.78, 5) is 20.9. The van der Waals surface area contributed by atoms with Gasteiger partial charge in [-0.2, -0.15) is 4.37 Å². The van der Waals surface area contributed by atoms with Gasteiger partial charge in [0.05, 0.1) is 6.04 Å². The smallest absolute Gasteiger partial charge is 0.237 e. The fraction of sp³-hybridized carbons (Fsp3) is 0.769. The second kappa shape index (κ2) is 6.49. The van der Waals surface area contributed by atoms with E-state index in [1.54, 1.807) is 0 Å². The van der Waals surface area contributed by atoms with Crippen molar-refractivity contribution in [3.8, 4) is 0 Å². The van der Waals surface area contributed by atoms with Crippen LogP contribution in [0.3, 0.4) is 0 Å². The van der Waals surface area contributed by atoms with E-state index in [1.807, 2.05) is 27.7 Å². The first-order valence-electron chi connectivity index (χ1n) is 7.07. The van der Waals surface area contributed by atoms with Crippen LogP contribution in [0, 0.1) is 6.92 Å². The maximum atomic E-state index is 12.0. The minimum atomic E-state index is -0.0734. The lowest BCUT2D eigenvalue weighted by Gasteiger charge is -2.37. The highest BCUT2D eigenvalue weighted by Gasteiger charge is 2.26. The highest BCUT2D eigenvalue weighted by atomic mass is 32.1. The minimum absolute atomic E-state index is 0.0734. The number of aryl methyl sites for hydroxylation is 1. The molecule has 7 heteroatoms. The van der Waals surface area contributed by atoms with Crippen LogP contribution in [0.1, 0.15) is 26.6 Å². The van der Waals surface area contributed by atoms with Crippen molar-refractivity contribution in [3.05, 3.63) is 5.82 Å². The Labute approximate surface area is 124 Å². The van der Waals surface area contributed by atoms with Gasteiger partial charge in [0.2, 0.25) is 11.0 Å². The van der Waals surface area contributed by atoms with Crippen LogP contribution in [0.15, 0.2) is 0 Å². The average molecular weight is 297 g/mol. The molecule has 1 atom stereocenters. The third-order valence-corrected chi connectivity index (χ3v) is 4.33. The van der Waals surface area contributed by atoms with E-state index in [0.717, 1.165) is 37.1 Å². The summed E-state index contributed by atoms with van der Waals surface area (Å²) in [7, 11) is 0. The minimum Gasteiger partial charge on any atom is -0.353 e. The quantitative estimate of drug-likeness (QED) is 0.894. The topological polar surface area (TPSA) is 61.4 Å². The number of nitrogens with one attached hydrogen (secondary N) is 1. The van der Waals surface area contributed by atoms with Gasteiger partial charge in [-0.1, -0.05) is 0 Å². The van der Waals surface area contributed by atoms with Gasteiger partial charge in [-0.15, -0.1) is 0 Å². The summed E-state index contributed by atoms with van der Waals surface area (Å²) in [6.45, 7) is 11.4. The molecule has 1 aromatic rings. The van der Waals surface area contributed by atoms with Crippen molar-refractivity contribution < 1.29 is 4.79 Å². The summed E-state index contributed by atoms with van der Waals surface area (Å²) >= 11 is 1.45. The van der Waals surface area contributed by atoms with Crippen LogP contribution in [-0.4, -0.2) is 58.4 Å². The molecule has 1 saturated heterocycles. The summed E-state index contributed by atoms with van der Waals surface area (Å²) in [5.74, 6) is 0.942. The Morgan fingerprint density at radius 2 is 1.90 bits per heavy atom. The van der Waals surface area contributed by atoms with Gasteiger partial charge in [0, 0.05) is 43.8 Å². The zero-order chi connectivity index (χ0) is 14.7. The number of carbonyl (C=O) groups is 1. The maximum Gasteiger partial charge on any atom is 0.237 e. The van der Waals surface area contributed by atoms with Crippen molar-refractivity contribution in [1.82, 2.24) is 19.6 Å². The molecule has 0 spiro atoms. The molecule has 1 amide bonds. The van der Waals surface area contributed by atoms with Gasteiger partial charge in [0.25, 0.3) is 0 Å². The zero-order valence-electron chi connectivity index (χ0n) is 12.6. The molecule has 1 aromatic heterocycles. The number of hydrogen-bond acceptors (Lipinski definition) is 6. The first-order valence-corrected chi connectivity index (χ1v) is 7.84. The predicted molar refractivity (Wildman–Crippen MR) is 81.2 cm³/mol. The molecular weight excluding hydrogens is 274 g/mol. The van der Waals surface area contributed by atoms with Crippen LogP contribution >= 0.6 is 11.5 Å². The van der Waals surface area contributed by atoms with Gasteiger partial charge in [0.15, 0.2) is 0 Å². The number of aromatic nitrogens is 2. The molecule has 1 unspecified atom stereocenters. The lowest BCUT2D eigenvalue weighted by Crippen LogP contribution is -2.54. The average Bonchev–Trinajstić information content (AvgIpc) is 2.84. The summed E-state index contributed by atoms with van der Waals surface area (Å²) in [5, 5.41) is 3.96. The van der Waals surface area contributed by atoms with Crippen LogP contribution < -0.4 is 10.2 Å². The van der Waals surface area contributed by atoms with E-state index >= 15 is 0 Å². The lowest BCUT2D eigenvalue weighted by molar-refractivity contribution is -0.126. The Kier molecular flexibility index (Phi) is 4.93. The number of rotatable bonds is 4. The second-order valence-electron chi connectivity index (χ2n) is 5.49. The standard InChI is InChI=1S/C13H23N5OS/c1-9(2)14-12(19)10(3)17-5-7-18(8-6-17)13-15-11(4)16-20-13/h9-10H,5-8H2,1-4H3,(H,14,19). The number of nitrogens with zero attached hydrogens (tertiary/aromatic N) is 4. The molecule has 2 rings (SSSR count). The molecule has 6 nitrogen and oxygen atoms in total. The van der Waals surface area contributed by atoms with Crippen molar-refractivity contribution in [2.24, 2.45) is 0 Å². The van der Waals surface area contributed by atoms with E-state index in [9.17, 15) is 4.79 Å². The molecular formula is C13H23N5OS. The molecule has 1 aliphatic heterocycles. The van der Waals surface area contributed by atoms with Crippen molar-refractivity contribution in [3.63, 3.8) is 0 Å². The van der Waals surface area contributed by atoms with Crippen molar-refractivity contribution >= 4 is 22.6 Å². The SMILES string of the molecule is Cc1nsc(N2CCN(C(C)C(=O)NC(C)C)CC2)n1. The summed E-state index contributed by atoms with van der Waals surface area (Å²) in [6, 6.07) is 0.117. The van der Waals surface area contributed by atoms with Gasteiger partial charge in [-0.25, -0.2) is 4.98 Å². The summed E-state index contributed by atoms with van der Waals surface area (Å²) in [6.07, 6.45) is 0. The van der Waals surface area contributed by atoms with Crippen LogP contribution in [0.4, 0.5) is 5.13 Å². The van der Waals surface area contributed by atoms with Gasteiger partial charge in [-0.3, -0.25) is 9.69 Å². The zero-order valence-corrected chi connectivity index (χ0v) is 13.4. The van der Waals surface area contributed by atoms with Crippen molar-refractivity contribution in [1.29, 1.82) is 0 Å². The molecule has 0 saturated carbocycles. The molecule has 1 N–H and O–H groups in total. The Balaban J connectivity index is 1.86. The summed E-state index contributed by atoms with van der Waals surface area (Å²) < 4.78 is 4.22. The largest absolute Gasteiger partial charge is 0.353 e. The monoisotopic (exact) mass is 297 g/mol. The molecule has 1 aliphatic rings. The molecule has 20 heavy (non-hydrogen) atoms. The van der Waals surface area contributed by atoms with Crippen LogP contribution in [0.2, 0.25) is 0 Å². The van der Waals surface area contributed by atoms with E-state index in [4.69, 9.17) is 0 Å². The molecule has 0 aliphatic carbocycles. The molecule has 0 aromatic carbocycles. The van der Waals surface area contributed by atoms with Crippen molar-refractivity contribution in [2.45, 2.75) is 39.8 Å². The Morgan fingerprint density at radius 3 is 2.40 bits per heavy atom. The van der Waals surface area contributed by atoms with E-state index in [-0.39, 0.29) is 18.0 Å². The molecule has 1 fully saturated rings. The van der Waals surface area contributed by atoms with Gasteiger partial charge >= 0.3 is 0 Å². The van der Waals surface area contributed by atoms with Gasteiger partial charge in [-0.05, 0) is 27.7 Å². The normalized spacial score (nSPS) is 18.4.